The smallest absolute Gasteiger partial charge is 0.225 e. The zero-order chi connectivity index (χ0) is 17.5. The molecule has 1 atom stereocenters. The van der Waals surface area contributed by atoms with Gasteiger partial charge >= 0.3 is 0 Å². The number of nitrogens with zero attached hydrogens (tertiary/aromatic N) is 3. The molecule has 134 valence electrons. The van der Waals surface area contributed by atoms with Crippen LogP contribution in [0.1, 0.15) is 30.7 Å². The first kappa shape index (κ1) is 19.0. The van der Waals surface area contributed by atoms with Crippen LogP contribution in [0.5, 0.6) is 0 Å². The molecule has 0 unspecified atom stereocenters. The monoisotopic (exact) mass is 352 g/mol. The Kier molecular flexibility index (Phi) is 7.30. The molecule has 0 aromatic carbocycles. The number of hydrogen-bond donors (Lipinski definition) is 2. The fraction of sp³-hybridized carbons (Fsp3) is 0.706. The van der Waals surface area contributed by atoms with E-state index >= 15 is 0 Å². The third-order valence-electron chi connectivity index (χ3n) is 4.36. The first-order valence-corrected chi connectivity index (χ1v) is 9.90. The Morgan fingerprint density at radius 1 is 1.38 bits per heavy atom. The predicted octanol–water partition coefficient (Wildman–Crippen LogP) is 1.54. The maximum absolute atomic E-state index is 12.4. The van der Waals surface area contributed by atoms with Crippen LogP contribution in [-0.2, 0) is 4.79 Å². The third-order valence-corrected chi connectivity index (χ3v) is 5.00. The lowest BCUT2D eigenvalue weighted by Gasteiger charge is -2.32. The molecule has 1 amide bonds. The van der Waals surface area contributed by atoms with Crippen molar-refractivity contribution >= 4 is 23.6 Å². The number of carbonyl (C=O) groups is 1. The van der Waals surface area contributed by atoms with Gasteiger partial charge in [-0.15, -0.1) is 0 Å². The average Bonchev–Trinajstić information content (AvgIpc) is 2.57. The minimum absolute atomic E-state index is 0.00154. The summed E-state index contributed by atoms with van der Waals surface area (Å²) in [4.78, 5) is 23.6. The van der Waals surface area contributed by atoms with E-state index in [9.17, 15) is 9.90 Å². The van der Waals surface area contributed by atoms with Crippen LogP contribution >= 0.6 is 11.8 Å². The number of aliphatic hydroxyl groups is 1. The lowest BCUT2D eigenvalue weighted by Crippen LogP contribution is -2.45. The molecule has 7 heteroatoms. The largest absolute Gasteiger partial charge is 0.394 e. The Labute approximate surface area is 148 Å². The summed E-state index contributed by atoms with van der Waals surface area (Å²) in [5, 5.41) is 12.4. The van der Waals surface area contributed by atoms with Gasteiger partial charge in [-0.2, -0.15) is 11.8 Å². The normalized spacial score (nSPS) is 16.9. The van der Waals surface area contributed by atoms with Crippen molar-refractivity contribution in [2.24, 2.45) is 5.92 Å². The number of aromatic nitrogens is 2. The van der Waals surface area contributed by atoms with Crippen molar-refractivity contribution in [3.63, 3.8) is 0 Å². The Hall–Kier alpha value is -1.34. The van der Waals surface area contributed by atoms with Crippen molar-refractivity contribution in [1.29, 1.82) is 0 Å². The number of nitrogens with one attached hydrogen (secondary N) is 1. The van der Waals surface area contributed by atoms with Crippen molar-refractivity contribution in [3.05, 3.63) is 17.5 Å². The van der Waals surface area contributed by atoms with Crippen LogP contribution in [0.4, 0.5) is 5.95 Å². The summed E-state index contributed by atoms with van der Waals surface area (Å²) in [6.07, 6.45) is 4.42. The lowest BCUT2D eigenvalue weighted by molar-refractivity contribution is -0.126. The topological polar surface area (TPSA) is 78.4 Å². The standard InChI is InChI=1S/C17H28N4O2S/c1-12-10-13(2)19-17(18-12)21-7-4-14(5-8-21)16(23)20-15(11-22)6-9-24-3/h10,14-15,22H,4-9,11H2,1-3H3,(H,20,23)/t15-/m1/s1. The third kappa shape index (κ3) is 5.34. The quantitative estimate of drug-likeness (QED) is 0.775. The van der Waals surface area contributed by atoms with E-state index in [-0.39, 0.29) is 24.5 Å². The molecular formula is C17H28N4O2S. The molecule has 1 saturated heterocycles. The molecule has 0 spiro atoms. The van der Waals surface area contributed by atoms with Gasteiger partial charge in [-0.1, -0.05) is 0 Å². The molecular weight excluding hydrogens is 324 g/mol. The van der Waals surface area contributed by atoms with Crippen LogP contribution in [0.2, 0.25) is 0 Å². The van der Waals surface area contributed by atoms with E-state index in [1.54, 1.807) is 11.8 Å². The molecule has 0 aliphatic carbocycles. The molecule has 0 saturated carbocycles. The van der Waals surface area contributed by atoms with Gasteiger partial charge in [0.1, 0.15) is 0 Å². The molecule has 24 heavy (non-hydrogen) atoms. The van der Waals surface area contributed by atoms with Crippen LogP contribution in [0.25, 0.3) is 0 Å². The zero-order valence-corrected chi connectivity index (χ0v) is 15.6. The predicted molar refractivity (Wildman–Crippen MR) is 98.5 cm³/mol. The number of hydrogen-bond acceptors (Lipinski definition) is 6. The van der Waals surface area contributed by atoms with Gasteiger partial charge in [-0.05, 0) is 51.2 Å². The highest BCUT2D eigenvalue weighted by atomic mass is 32.2. The molecule has 0 radical (unpaired) electrons. The maximum Gasteiger partial charge on any atom is 0.225 e. The summed E-state index contributed by atoms with van der Waals surface area (Å²) in [5.74, 6) is 1.78. The second kappa shape index (κ2) is 9.22. The van der Waals surface area contributed by atoms with E-state index < -0.39 is 0 Å². The Balaban J connectivity index is 1.86. The van der Waals surface area contributed by atoms with Gasteiger partial charge in [0.05, 0.1) is 12.6 Å². The molecule has 2 rings (SSSR count). The number of amides is 1. The van der Waals surface area contributed by atoms with Gasteiger partial charge in [0.2, 0.25) is 11.9 Å². The number of carbonyl (C=O) groups excluding carboxylic acids is 1. The minimum atomic E-state index is -0.134. The van der Waals surface area contributed by atoms with Gasteiger partial charge in [0.25, 0.3) is 0 Å². The lowest BCUT2D eigenvalue weighted by atomic mass is 9.95. The number of piperidine rings is 1. The first-order valence-electron chi connectivity index (χ1n) is 8.51. The highest BCUT2D eigenvalue weighted by molar-refractivity contribution is 7.98. The molecule has 2 heterocycles. The molecule has 1 aliphatic rings. The van der Waals surface area contributed by atoms with Gasteiger partial charge in [-0.25, -0.2) is 9.97 Å². The molecule has 1 fully saturated rings. The van der Waals surface area contributed by atoms with E-state index in [2.05, 4.69) is 20.2 Å². The SMILES string of the molecule is CSCC[C@H](CO)NC(=O)C1CCN(c2nc(C)cc(C)n2)CC1. The highest BCUT2D eigenvalue weighted by Crippen LogP contribution is 2.21. The van der Waals surface area contributed by atoms with Crippen LogP contribution in [0, 0.1) is 19.8 Å². The molecule has 2 N–H and O–H groups in total. The number of aryl methyl sites for hydroxylation is 2. The Bertz CT molecular complexity index is 527. The van der Waals surface area contributed by atoms with E-state index in [0.29, 0.717) is 0 Å². The summed E-state index contributed by atoms with van der Waals surface area (Å²) in [5.41, 5.74) is 1.94. The van der Waals surface area contributed by atoms with Crippen molar-refractivity contribution in [2.45, 2.75) is 39.2 Å². The highest BCUT2D eigenvalue weighted by Gasteiger charge is 2.27. The Morgan fingerprint density at radius 3 is 2.54 bits per heavy atom. The summed E-state index contributed by atoms with van der Waals surface area (Å²) >= 11 is 1.73. The van der Waals surface area contributed by atoms with Gasteiger partial charge in [0, 0.05) is 30.4 Å². The first-order chi connectivity index (χ1) is 11.5. The fourth-order valence-electron chi connectivity index (χ4n) is 2.98. The van der Waals surface area contributed by atoms with E-state index in [1.807, 2.05) is 26.2 Å². The average molecular weight is 353 g/mol. The van der Waals surface area contributed by atoms with Crippen LogP contribution in [0.15, 0.2) is 6.07 Å². The number of thioether (sulfide) groups is 1. The maximum atomic E-state index is 12.4. The second-order valence-corrected chi connectivity index (χ2v) is 7.37. The minimum Gasteiger partial charge on any atom is -0.394 e. The summed E-state index contributed by atoms with van der Waals surface area (Å²) < 4.78 is 0. The second-order valence-electron chi connectivity index (χ2n) is 6.38. The molecule has 6 nitrogen and oxygen atoms in total. The number of anilines is 1. The van der Waals surface area contributed by atoms with Crippen molar-refractivity contribution in [1.82, 2.24) is 15.3 Å². The fourth-order valence-corrected chi connectivity index (χ4v) is 3.50. The van der Waals surface area contributed by atoms with E-state index in [0.717, 1.165) is 55.4 Å². The zero-order valence-electron chi connectivity index (χ0n) is 14.8. The Morgan fingerprint density at radius 2 is 2.00 bits per heavy atom. The molecule has 1 aliphatic heterocycles. The van der Waals surface area contributed by atoms with Crippen LogP contribution in [-0.4, -0.2) is 58.7 Å². The van der Waals surface area contributed by atoms with Gasteiger partial charge in [-0.3, -0.25) is 4.79 Å². The van der Waals surface area contributed by atoms with Gasteiger partial charge in [0.15, 0.2) is 0 Å². The van der Waals surface area contributed by atoms with Gasteiger partial charge < -0.3 is 15.3 Å². The summed E-state index contributed by atoms with van der Waals surface area (Å²) in [6.45, 7) is 5.52. The van der Waals surface area contributed by atoms with Crippen molar-refractivity contribution in [3.8, 4) is 0 Å². The summed E-state index contributed by atoms with van der Waals surface area (Å²) in [6, 6.07) is 1.83. The number of aliphatic hydroxyl groups excluding tert-OH is 1. The van der Waals surface area contributed by atoms with Crippen LogP contribution in [0.3, 0.4) is 0 Å². The molecule has 1 aromatic heterocycles. The number of rotatable bonds is 7. The van der Waals surface area contributed by atoms with Crippen molar-refractivity contribution < 1.29 is 9.90 Å². The van der Waals surface area contributed by atoms with E-state index in [1.165, 1.54) is 0 Å². The van der Waals surface area contributed by atoms with Crippen molar-refractivity contribution in [2.75, 3.05) is 36.6 Å². The summed E-state index contributed by atoms with van der Waals surface area (Å²) in [7, 11) is 0. The van der Waals surface area contributed by atoms with E-state index in [4.69, 9.17) is 0 Å². The molecule has 1 aromatic rings. The van der Waals surface area contributed by atoms with Crippen LogP contribution < -0.4 is 10.2 Å². The molecule has 0 bridgehead atoms.